The van der Waals surface area contributed by atoms with Crippen molar-refractivity contribution in [3.05, 3.63) is 36.0 Å². The Hall–Kier alpha value is -1.76. The average Bonchev–Trinajstić information content (AvgIpc) is 3.25. The van der Waals surface area contributed by atoms with Gasteiger partial charge in [-0.3, -0.25) is 9.80 Å². The van der Waals surface area contributed by atoms with E-state index in [1.54, 1.807) is 0 Å². The normalized spacial score (nSPS) is 25.0. The average molecular weight is 327 g/mol. The Morgan fingerprint density at radius 3 is 2.88 bits per heavy atom. The standard InChI is InChI=1S/C18H25N5O/c24-10-8-16-11-22-9-4-7-15(22)12-23(16)13-17-18(20-21-19-17)14-5-2-1-3-6-14/h1-3,5-6,15-16,24H,4,7-13H2,(H,19,20,21)/t15-,16+/m1/s1. The smallest absolute Gasteiger partial charge is 0.117 e. The van der Waals surface area contributed by atoms with Gasteiger partial charge in [0, 0.05) is 43.9 Å². The van der Waals surface area contributed by atoms with Gasteiger partial charge in [-0.15, -0.1) is 0 Å². The van der Waals surface area contributed by atoms with Crippen molar-refractivity contribution < 1.29 is 5.11 Å². The number of benzene rings is 1. The van der Waals surface area contributed by atoms with Crippen LogP contribution >= 0.6 is 0 Å². The van der Waals surface area contributed by atoms with Gasteiger partial charge in [0.25, 0.3) is 0 Å². The monoisotopic (exact) mass is 327 g/mol. The van der Waals surface area contributed by atoms with Crippen LogP contribution in [0.1, 0.15) is 25.0 Å². The number of hydrogen-bond donors (Lipinski definition) is 2. The summed E-state index contributed by atoms with van der Waals surface area (Å²) in [5, 5.41) is 21.0. The summed E-state index contributed by atoms with van der Waals surface area (Å²) in [7, 11) is 0. The summed E-state index contributed by atoms with van der Waals surface area (Å²) in [5.74, 6) is 0. The molecule has 3 heterocycles. The highest BCUT2D eigenvalue weighted by Crippen LogP contribution is 2.28. The van der Waals surface area contributed by atoms with Crippen LogP contribution in [0.3, 0.4) is 0 Å². The summed E-state index contributed by atoms with van der Waals surface area (Å²) < 4.78 is 0. The quantitative estimate of drug-likeness (QED) is 0.871. The summed E-state index contributed by atoms with van der Waals surface area (Å²) >= 11 is 0. The molecule has 0 saturated carbocycles. The van der Waals surface area contributed by atoms with Gasteiger partial charge in [0.15, 0.2) is 0 Å². The highest BCUT2D eigenvalue weighted by Gasteiger charge is 2.36. The first-order valence-corrected chi connectivity index (χ1v) is 8.89. The molecule has 0 amide bonds. The molecule has 0 bridgehead atoms. The van der Waals surface area contributed by atoms with E-state index in [0.717, 1.165) is 43.0 Å². The second kappa shape index (κ2) is 7.01. The summed E-state index contributed by atoms with van der Waals surface area (Å²) in [6.07, 6.45) is 3.40. The van der Waals surface area contributed by atoms with Gasteiger partial charge in [-0.2, -0.15) is 15.4 Å². The first-order valence-electron chi connectivity index (χ1n) is 8.89. The summed E-state index contributed by atoms with van der Waals surface area (Å²) in [6, 6.07) is 11.3. The molecule has 2 aliphatic heterocycles. The molecular formula is C18H25N5O. The largest absolute Gasteiger partial charge is 0.396 e. The number of hydrogen-bond acceptors (Lipinski definition) is 5. The van der Waals surface area contributed by atoms with E-state index in [9.17, 15) is 5.11 Å². The van der Waals surface area contributed by atoms with E-state index in [1.165, 1.54) is 19.4 Å². The number of aliphatic hydroxyl groups is 1. The lowest BCUT2D eigenvalue weighted by molar-refractivity contribution is 0.0327. The van der Waals surface area contributed by atoms with Gasteiger partial charge < -0.3 is 5.11 Å². The third-order valence-corrected chi connectivity index (χ3v) is 5.39. The molecule has 24 heavy (non-hydrogen) atoms. The number of aliphatic hydroxyl groups excluding tert-OH is 1. The number of nitrogens with one attached hydrogen (secondary N) is 1. The van der Waals surface area contributed by atoms with Crippen molar-refractivity contribution in [3.8, 4) is 11.3 Å². The van der Waals surface area contributed by atoms with Crippen LogP contribution in [0.4, 0.5) is 0 Å². The minimum Gasteiger partial charge on any atom is -0.396 e. The van der Waals surface area contributed by atoms with Crippen LogP contribution in [0.2, 0.25) is 0 Å². The fourth-order valence-corrected chi connectivity index (χ4v) is 4.15. The lowest BCUT2D eigenvalue weighted by Gasteiger charge is -2.43. The molecular weight excluding hydrogens is 302 g/mol. The Bertz CT molecular complexity index is 658. The van der Waals surface area contributed by atoms with Gasteiger partial charge >= 0.3 is 0 Å². The lowest BCUT2D eigenvalue weighted by atomic mass is 10.0. The maximum atomic E-state index is 9.46. The Morgan fingerprint density at radius 2 is 2.04 bits per heavy atom. The molecule has 6 heteroatoms. The topological polar surface area (TPSA) is 68.3 Å². The zero-order valence-electron chi connectivity index (χ0n) is 13.9. The van der Waals surface area contributed by atoms with E-state index < -0.39 is 0 Å². The third-order valence-electron chi connectivity index (χ3n) is 5.39. The predicted molar refractivity (Wildman–Crippen MR) is 92.3 cm³/mol. The van der Waals surface area contributed by atoms with Gasteiger partial charge in [0.1, 0.15) is 11.4 Å². The van der Waals surface area contributed by atoms with Crippen molar-refractivity contribution in [1.29, 1.82) is 0 Å². The number of aromatic amines is 1. The predicted octanol–water partition coefficient (Wildman–Crippen LogP) is 1.50. The molecule has 2 aliphatic rings. The summed E-state index contributed by atoms with van der Waals surface area (Å²) in [6.45, 7) is 4.36. The molecule has 2 aromatic rings. The Labute approximate surface area is 142 Å². The van der Waals surface area contributed by atoms with Crippen molar-refractivity contribution in [2.45, 2.75) is 37.9 Å². The first-order chi connectivity index (χ1) is 11.8. The van der Waals surface area contributed by atoms with Gasteiger partial charge in [-0.1, -0.05) is 30.3 Å². The highest BCUT2D eigenvalue weighted by molar-refractivity contribution is 5.60. The van der Waals surface area contributed by atoms with Gasteiger partial charge in [0.2, 0.25) is 0 Å². The fraction of sp³-hybridized carbons (Fsp3) is 0.556. The van der Waals surface area contributed by atoms with E-state index in [4.69, 9.17) is 0 Å². The second-order valence-electron chi connectivity index (χ2n) is 6.87. The molecule has 2 N–H and O–H groups in total. The molecule has 2 atom stereocenters. The van der Waals surface area contributed by atoms with Crippen LogP contribution in [0.5, 0.6) is 0 Å². The lowest BCUT2D eigenvalue weighted by Crippen LogP contribution is -2.55. The molecule has 1 aromatic carbocycles. The SMILES string of the molecule is OCC[C@H]1CN2CCC[C@@H]2CN1Cc1n[nH]nc1-c1ccccc1. The van der Waals surface area contributed by atoms with Gasteiger partial charge in [-0.25, -0.2) is 0 Å². The minimum absolute atomic E-state index is 0.240. The molecule has 0 aliphatic carbocycles. The van der Waals surface area contributed by atoms with E-state index in [-0.39, 0.29) is 6.61 Å². The Morgan fingerprint density at radius 1 is 1.17 bits per heavy atom. The van der Waals surface area contributed by atoms with Crippen molar-refractivity contribution in [2.24, 2.45) is 0 Å². The molecule has 4 rings (SSSR count). The molecule has 6 nitrogen and oxygen atoms in total. The van der Waals surface area contributed by atoms with Crippen molar-refractivity contribution in [1.82, 2.24) is 25.2 Å². The molecule has 0 spiro atoms. The number of rotatable bonds is 5. The van der Waals surface area contributed by atoms with Crippen LogP contribution in [0, 0.1) is 0 Å². The zero-order valence-corrected chi connectivity index (χ0v) is 13.9. The van der Waals surface area contributed by atoms with Crippen LogP contribution in [-0.2, 0) is 6.54 Å². The summed E-state index contributed by atoms with van der Waals surface area (Å²) in [5.41, 5.74) is 3.03. The number of nitrogens with zero attached hydrogens (tertiary/aromatic N) is 4. The maximum Gasteiger partial charge on any atom is 0.117 e. The van der Waals surface area contributed by atoms with Crippen molar-refractivity contribution in [2.75, 3.05) is 26.2 Å². The van der Waals surface area contributed by atoms with Crippen LogP contribution < -0.4 is 0 Å². The van der Waals surface area contributed by atoms with Gasteiger partial charge in [-0.05, 0) is 25.8 Å². The van der Waals surface area contributed by atoms with E-state index in [0.29, 0.717) is 12.1 Å². The van der Waals surface area contributed by atoms with E-state index in [2.05, 4.69) is 37.3 Å². The molecule has 128 valence electrons. The summed E-state index contributed by atoms with van der Waals surface area (Å²) in [4.78, 5) is 5.09. The van der Waals surface area contributed by atoms with E-state index in [1.807, 2.05) is 18.2 Å². The third kappa shape index (κ3) is 3.09. The zero-order chi connectivity index (χ0) is 16.4. The Kier molecular flexibility index (Phi) is 4.60. The molecule has 0 unspecified atom stereocenters. The van der Waals surface area contributed by atoms with Gasteiger partial charge in [0.05, 0.1) is 0 Å². The number of piperazine rings is 1. The fourth-order valence-electron chi connectivity index (χ4n) is 4.15. The van der Waals surface area contributed by atoms with E-state index >= 15 is 0 Å². The van der Waals surface area contributed by atoms with Crippen LogP contribution in [0.25, 0.3) is 11.3 Å². The second-order valence-corrected chi connectivity index (χ2v) is 6.87. The molecule has 1 aromatic heterocycles. The number of H-pyrrole nitrogens is 1. The van der Waals surface area contributed by atoms with Crippen molar-refractivity contribution in [3.63, 3.8) is 0 Å². The molecule has 2 saturated heterocycles. The highest BCUT2D eigenvalue weighted by atomic mass is 16.3. The Balaban J connectivity index is 1.54. The van der Waals surface area contributed by atoms with Crippen LogP contribution in [-0.4, -0.2) is 68.6 Å². The minimum atomic E-state index is 0.240. The first kappa shape index (κ1) is 15.7. The number of fused-ring (bicyclic) bond motifs is 1. The molecule has 0 radical (unpaired) electrons. The molecule has 2 fully saturated rings. The van der Waals surface area contributed by atoms with Crippen molar-refractivity contribution >= 4 is 0 Å². The van der Waals surface area contributed by atoms with Crippen LogP contribution in [0.15, 0.2) is 30.3 Å². The maximum absolute atomic E-state index is 9.46. The number of aromatic nitrogens is 3.